The molecule has 0 unspecified atom stereocenters. The van der Waals surface area contributed by atoms with E-state index in [-0.39, 0.29) is 11.8 Å². The second-order valence-electron chi connectivity index (χ2n) is 5.02. The summed E-state index contributed by atoms with van der Waals surface area (Å²) >= 11 is 7.30. The molecule has 5 heteroatoms. The average Bonchev–Trinajstić information content (AvgIpc) is 2.98. The molecule has 0 aliphatic heterocycles. The van der Waals surface area contributed by atoms with Crippen molar-refractivity contribution in [3.05, 3.63) is 59.7 Å². The van der Waals surface area contributed by atoms with Gasteiger partial charge in [0, 0.05) is 0 Å². The van der Waals surface area contributed by atoms with Gasteiger partial charge in [-0.2, -0.15) is 0 Å². The molecule has 2 aromatic carbocycles. The summed E-state index contributed by atoms with van der Waals surface area (Å²) in [6, 6.07) is 15.9. The summed E-state index contributed by atoms with van der Waals surface area (Å²) in [6.45, 7) is 2.50. The number of para-hydroxylation sites is 1. The van der Waals surface area contributed by atoms with Crippen molar-refractivity contribution in [1.82, 2.24) is 4.98 Å². The molecule has 0 atom stereocenters. The average molecular weight is 331 g/mol. The summed E-state index contributed by atoms with van der Waals surface area (Å²) in [7, 11) is 0. The fourth-order valence-corrected chi connectivity index (χ4v) is 3.49. The number of aromatic nitrogens is 1. The van der Waals surface area contributed by atoms with Crippen molar-refractivity contribution in [1.29, 1.82) is 0 Å². The maximum atomic E-state index is 12.2. The van der Waals surface area contributed by atoms with Gasteiger partial charge in [0.05, 0.1) is 16.8 Å². The lowest BCUT2D eigenvalue weighted by atomic mass is 10.2. The lowest BCUT2D eigenvalue weighted by Gasteiger charge is -2.18. The third-order valence-electron chi connectivity index (χ3n) is 3.44. The zero-order chi connectivity index (χ0) is 15.5. The van der Waals surface area contributed by atoms with Crippen LogP contribution in [0.4, 0.5) is 5.13 Å². The third kappa shape index (κ3) is 2.98. The van der Waals surface area contributed by atoms with E-state index in [1.807, 2.05) is 55.5 Å². The number of thiazole rings is 1. The first-order valence-electron chi connectivity index (χ1n) is 6.95. The van der Waals surface area contributed by atoms with E-state index in [4.69, 9.17) is 11.6 Å². The molecule has 3 nitrogen and oxygen atoms in total. The molecule has 0 fully saturated rings. The molecule has 1 aromatic heterocycles. The predicted octanol–water partition coefficient (Wildman–Crippen LogP) is 4.38. The minimum atomic E-state index is -0.137. The van der Waals surface area contributed by atoms with Crippen LogP contribution in [0.3, 0.4) is 0 Å². The summed E-state index contributed by atoms with van der Waals surface area (Å²) in [5, 5.41) is 0.693. The summed E-state index contributed by atoms with van der Waals surface area (Å²) in [4.78, 5) is 18.5. The van der Waals surface area contributed by atoms with Crippen molar-refractivity contribution in [2.45, 2.75) is 13.5 Å². The van der Waals surface area contributed by atoms with Gasteiger partial charge in [-0.25, -0.2) is 4.98 Å². The molecule has 0 saturated carbocycles. The Balaban J connectivity index is 2.00. The Labute approximate surface area is 138 Å². The van der Waals surface area contributed by atoms with Crippen LogP contribution in [-0.2, 0) is 11.3 Å². The van der Waals surface area contributed by atoms with Gasteiger partial charge in [-0.3, -0.25) is 9.69 Å². The van der Waals surface area contributed by atoms with Crippen LogP contribution in [0.15, 0.2) is 48.5 Å². The Morgan fingerprint density at radius 3 is 2.64 bits per heavy atom. The van der Waals surface area contributed by atoms with Gasteiger partial charge in [-0.1, -0.05) is 53.8 Å². The van der Waals surface area contributed by atoms with E-state index in [2.05, 4.69) is 4.98 Å². The number of alkyl halides is 1. The van der Waals surface area contributed by atoms with Crippen molar-refractivity contribution < 1.29 is 4.79 Å². The molecule has 0 saturated heterocycles. The molecule has 0 bridgehead atoms. The number of amides is 1. The lowest BCUT2D eigenvalue weighted by Crippen LogP contribution is -2.31. The van der Waals surface area contributed by atoms with Crippen LogP contribution >= 0.6 is 22.9 Å². The van der Waals surface area contributed by atoms with Gasteiger partial charge in [0.2, 0.25) is 5.91 Å². The highest BCUT2D eigenvalue weighted by molar-refractivity contribution is 7.22. The first-order chi connectivity index (χ1) is 10.7. The van der Waals surface area contributed by atoms with E-state index in [0.29, 0.717) is 11.7 Å². The Kier molecular flexibility index (Phi) is 4.41. The number of aryl methyl sites for hydroxylation is 1. The SMILES string of the molecule is Cc1cccc2sc(N(Cc3ccccc3)C(=O)CCl)nc12. The van der Waals surface area contributed by atoms with E-state index in [9.17, 15) is 4.79 Å². The number of anilines is 1. The number of nitrogens with zero attached hydrogens (tertiary/aromatic N) is 2. The molecule has 0 aliphatic rings. The van der Waals surface area contributed by atoms with Crippen molar-refractivity contribution in [2.24, 2.45) is 0 Å². The van der Waals surface area contributed by atoms with Gasteiger partial charge in [-0.05, 0) is 24.1 Å². The summed E-state index contributed by atoms with van der Waals surface area (Å²) in [5.41, 5.74) is 3.11. The number of benzene rings is 2. The fraction of sp³-hybridized carbons (Fsp3) is 0.176. The van der Waals surface area contributed by atoms with Crippen molar-refractivity contribution in [3.63, 3.8) is 0 Å². The molecule has 112 valence electrons. The topological polar surface area (TPSA) is 33.2 Å². The highest BCUT2D eigenvalue weighted by Gasteiger charge is 2.19. The summed E-state index contributed by atoms with van der Waals surface area (Å²) in [5.74, 6) is -0.191. The number of carbonyl (C=O) groups excluding carboxylic acids is 1. The second kappa shape index (κ2) is 6.46. The predicted molar refractivity (Wildman–Crippen MR) is 92.7 cm³/mol. The molecule has 0 N–H and O–H groups in total. The van der Waals surface area contributed by atoms with Gasteiger partial charge in [0.15, 0.2) is 5.13 Å². The highest BCUT2D eigenvalue weighted by atomic mass is 35.5. The first-order valence-corrected chi connectivity index (χ1v) is 8.30. The molecule has 22 heavy (non-hydrogen) atoms. The Hall–Kier alpha value is -1.91. The van der Waals surface area contributed by atoms with Gasteiger partial charge in [0.1, 0.15) is 5.88 Å². The lowest BCUT2D eigenvalue weighted by molar-refractivity contribution is -0.116. The quantitative estimate of drug-likeness (QED) is 0.665. The molecule has 0 aliphatic carbocycles. The molecule has 3 aromatic rings. The van der Waals surface area contributed by atoms with E-state index >= 15 is 0 Å². The monoisotopic (exact) mass is 330 g/mol. The molecule has 1 amide bonds. The van der Waals surface area contributed by atoms with Crippen LogP contribution in [-0.4, -0.2) is 16.8 Å². The van der Waals surface area contributed by atoms with Gasteiger partial charge in [0.25, 0.3) is 0 Å². The number of hydrogen-bond acceptors (Lipinski definition) is 3. The smallest absolute Gasteiger partial charge is 0.244 e. The minimum absolute atomic E-state index is 0.0538. The molecule has 0 spiro atoms. The highest BCUT2D eigenvalue weighted by Crippen LogP contribution is 2.31. The van der Waals surface area contributed by atoms with Crippen LogP contribution < -0.4 is 4.90 Å². The normalized spacial score (nSPS) is 10.8. The van der Waals surface area contributed by atoms with Crippen LogP contribution in [0.25, 0.3) is 10.2 Å². The molecule has 0 radical (unpaired) electrons. The zero-order valence-electron chi connectivity index (χ0n) is 12.1. The first kappa shape index (κ1) is 15.0. The van der Waals surface area contributed by atoms with Gasteiger partial charge < -0.3 is 0 Å². The number of fused-ring (bicyclic) bond motifs is 1. The van der Waals surface area contributed by atoms with E-state index in [1.54, 1.807) is 4.90 Å². The van der Waals surface area contributed by atoms with Crippen molar-refractivity contribution in [3.8, 4) is 0 Å². The maximum Gasteiger partial charge on any atom is 0.244 e. The van der Waals surface area contributed by atoms with Crippen LogP contribution in [0.2, 0.25) is 0 Å². The standard InChI is InChI=1S/C17H15ClN2OS/c1-12-6-5-9-14-16(12)19-17(22-14)20(15(21)10-18)11-13-7-3-2-4-8-13/h2-9H,10-11H2,1H3. The zero-order valence-corrected chi connectivity index (χ0v) is 13.7. The Morgan fingerprint density at radius 1 is 1.18 bits per heavy atom. The third-order valence-corrected chi connectivity index (χ3v) is 4.71. The molecule has 1 heterocycles. The van der Waals surface area contributed by atoms with Gasteiger partial charge >= 0.3 is 0 Å². The second-order valence-corrected chi connectivity index (χ2v) is 6.29. The number of halogens is 1. The largest absolute Gasteiger partial charge is 0.283 e. The Bertz CT molecular complexity index is 801. The van der Waals surface area contributed by atoms with Crippen LogP contribution in [0.5, 0.6) is 0 Å². The molecular weight excluding hydrogens is 316 g/mol. The Morgan fingerprint density at radius 2 is 1.95 bits per heavy atom. The van der Waals surface area contributed by atoms with Crippen molar-refractivity contribution in [2.75, 3.05) is 10.8 Å². The van der Waals surface area contributed by atoms with E-state index in [1.165, 1.54) is 11.3 Å². The molecular formula is C17H15ClN2OS. The van der Waals surface area contributed by atoms with Crippen molar-refractivity contribution >= 4 is 44.2 Å². The van der Waals surface area contributed by atoms with E-state index < -0.39 is 0 Å². The fourth-order valence-electron chi connectivity index (χ4n) is 2.29. The number of carbonyl (C=O) groups is 1. The summed E-state index contributed by atoms with van der Waals surface area (Å²) < 4.78 is 1.08. The summed E-state index contributed by atoms with van der Waals surface area (Å²) in [6.07, 6.45) is 0. The minimum Gasteiger partial charge on any atom is -0.283 e. The number of rotatable bonds is 4. The number of hydrogen-bond donors (Lipinski definition) is 0. The van der Waals surface area contributed by atoms with Gasteiger partial charge in [-0.15, -0.1) is 11.6 Å². The molecule has 3 rings (SSSR count). The van der Waals surface area contributed by atoms with Crippen LogP contribution in [0.1, 0.15) is 11.1 Å². The maximum absolute atomic E-state index is 12.2. The van der Waals surface area contributed by atoms with E-state index in [0.717, 1.165) is 21.3 Å². The van der Waals surface area contributed by atoms with Crippen LogP contribution in [0, 0.1) is 6.92 Å².